The Morgan fingerprint density at radius 2 is 1.97 bits per heavy atom. The first-order valence-corrected chi connectivity index (χ1v) is 8.96. The second-order valence-electron chi connectivity index (χ2n) is 6.52. The molecule has 1 aromatic carbocycles. The zero-order valence-electron chi connectivity index (χ0n) is 14.7. The van der Waals surface area contributed by atoms with E-state index in [-0.39, 0.29) is 12.1 Å². The van der Waals surface area contributed by atoms with Gasteiger partial charge in [0.25, 0.3) is 5.91 Å². The predicted molar refractivity (Wildman–Crippen MR) is 96.2 cm³/mol. The average molecular weight is 425 g/mol. The quantitative estimate of drug-likeness (QED) is 0.577. The van der Waals surface area contributed by atoms with Crippen LogP contribution < -0.4 is 0 Å². The van der Waals surface area contributed by atoms with Crippen LogP contribution in [0.1, 0.15) is 27.2 Å². The van der Waals surface area contributed by atoms with Crippen molar-refractivity contribution in [3.05, 3.63) is 75.9 Å². The number of carbonyl (C=O) groups excluding carboxylic acids is 1. The molecule has 0 fully saturated rings. The summed E-state index contributed by atoms with van der Waals surface area (Å²) in [6.07, 6.45) is -1.36. The minimum absolute atomic E-state index is 0.120. The van der Waals surface area contributed by atoms with Gasteiger partial charge in [-0.05, 0) is 36.2 Å². The summed E-state index contributed by atoms with van der Waals surface area (Å²) >= 11 is 5.88. The van der Waals surface area contributed by atoms with E-state index < -0.39 is 28.5 Å². The van der Waals surface area contributed by atoms with Crippen molar-refractivity contribution in [1.29, 1.82) is 0 Å². The molecule has 1 amide bonds. The summed E-state index contributed by atoms with van der Waals surface area (Å²) in [6.45, 7) is 0.426. The van der Waals surface area contributed by atoms with Crippen molar-refractivity contribution in [2.75, 3.05) is 6.54 Å². The molecule has 0 N–H and O–H groups in total. The fourth-order valence-corrected chi connectivity index (χ4v) is 3.50. The van der Waals surface area contributed by atoms with Crippen LogP contribution in [0.2, 0.25) is 5.02 Å². The van der Waals surface area contributed by atoms with Gasteiger partial charge in [0.05, 0.1) is 34.6 Å². The lowest BCUT2D eigenvalue weighted by atomic mass is 10.1. The molecule has 0 saturated carbocycles. The van der Waals surface area contributed by atoms with E-state index in [1.165, 1.54) is 27.8 Å². The van der Waals surface area contributed by atoms with Gasteiger partial charge < -0.3 is 4.90 Å². The van der Waals surface area contributed by atoms with E-state index in [9.17, 15) is 22.4 Å². The number of aromatic nitrogens is 3. The Hall–Kier alpha value is -2.94. The predicted octanol–water partition coefficient (Wildman–Crippen LogP) is 4.28. The first-order valence-electron chi connectivity index (χ1n) is 8.58. The summed E-state index contributed by atoms with van der Waals surface area (Å²) < 4.78 is 53.7. The first kappa shape index (κ1) is 19.4. The molecule has 2 aromatic heterocycles. The minimum Gasteiger partial charge on any atom is -0.332 e. The van der Waals surface area contributed by atoms with Crippen LogP contribution in [0, 0.1) is 5.82 Å². The second-order valence-corrected chi connectivity index (χ2v) is 6.90. The Morgan fingerprint density at radius 3 is 2.66 bits per heavy atom. The Labute approximate surface area is 167 Å². The lowest BCUT2D eigenvalue weighted by molar-refractivity contribution is -0.137. The number of alkyl halides is 3. The molecular weight excluding hydrogens is 412 g/mol. The smallest absolute Gasteiger partial charge is 0.332 e. The normalized spacial score (nSPS) is 14.0. The molecule has 0 bridgehead atoms. The number of carbonyl (C=O) groups is 1. The van der Waals surface area contributed by atoms with Crippen molar-refractivity contribution < 1.29 is 22.4 Å². The zero-order chi connectivity index (χ0) is 20.8. The summed E-state index contributed by atoms with van der Waals surface area (Å²) in [5.41, 5.74) is 0.230. The Kier molecular flexibility index (Phi) is 4.77. The number of halogens is 5. The molecule has 5 nitrogen and oxygen atoms in total. The fourth-order valence-electron chi connectivity index (χ4n) is 3.18. The van der Waals surface area contributed by atoms with Gasteiger partial charge in [0.1, 0.15) is 5.82 Å². The van der Waals surface area contributed by atoms with E-state index >= 15 is 0 Å². The van der Waals surface area contributed by atoms with Gasteiger partial charge in [-0.2, -0.15) is 18.3 Å². The van der Waals surface area contributed by atoms with Crippen molar-refractivity contribution in [1.82, 2.24) is 19.7 Å². The average Bonchev–Trinajstić information content (AvgIpc) is 3.10. The van der Waals surface area contributed by atoms with Crippen LogP contribution in [0.5, 0.6) is 0 Å². The van der Waals surface area contributed by atoms with Gasteiger partial charge >= 0.3 is 6.18 Å². The zero-order valence-corrected chi connectivity index (χ0v) is 15.5. The van der Waals surface area contributed by atoms with Gasteiger partial charge in [0.15, 0.2) is 5.82 Å². The lowest BCUT2D eigenvalue weighted by Gasteiger charge is -2.26. The summed E-state index contributed by atoms with van der Waals surface area (Å²) in [4.78, 5) is 18.2. The van der Waals surface area contributed by atoms with E-state index in [2.05, 4.69) is 10.1 Å². The van der Waals surface area contributed by atoms with Crippen molar-refractivity contribution in [3.8, 4) is 5.82 Å². The van der Waals surface area contributed by atoms with Crippen LogP contribution in [-0.4, -0.2) is 32.1 Å². The number of fused-ring (bicyclic) bond motifs is 1. The maximum Gasteiger partial charge on any atom is 0.417 e. The molecule has 10 heteroatoms. The third-order valence-corrected chi connectivity index (χ3v) is 5.04. The number of hydrogen-bond acceptors (Lipinski definition) is 3. The van der Waals surface area contributed by atoms with Crippen LogP contribution >= 0.6 is 11.6 Å². The van der Waals surface area contributed by atoms with E-state index in [4.69, 9.17) is 11.6 Å². The molecule has 0 radical (unpaired) electrons. The second kappa shape index (κ2) is 7.14. The topological polar surface area (TPSA) is 51.0 Å². The maximum atomic E-state index is 13.1. The van der Waals surface area contributed by atoms with E-state index in [1.807, 2.05) is 0 Å². The molecular formula is C19H13ClF4N4O. The van der Waals surface area contributed by atoms with E-state index in [1.54, 1.807) is 6.20 Å². The van der Waals surface area contributed by atoms with Gasteiger partial charge in [0, 0.05) is 12.7 Å². The highest BCUT2D eigenvalue weighted by Crippen LogP contribution is 2.36. The molecule has 0 aliphatic carbocycles. The van der Waals surface area contributed by atoms with Crippen molar-refractivity contribution in [2.45, 2.75) is 19.1 Å². The Morgan fingerprint density at radius 1 is 1.17 bits per heavy atom. The summed E-state index contributed by atoms with van der Waals surface area (Å²) in [6, 6.07) is 6.00. The number of nitrogens with zero attached hydrogens (tertiary/aromatic N) is 4. The number of amides is 1. The monoisotopic (exact) mass is 424 g/mol. The van der Waals surface area contributed by atoms with E-state index in [0.29, 0.717) is 24.5 Å². The standard InChI is InChI=1S/C19H13ClF4N4O/c20-17-13(2-1-3-14(17)19(22,23)24)18(29)27-7-6-11-9-28(26-15(11)10-27)16-5-4-12(21)8-25-16/h1-5,8-9H,6-7,10H2. The molecule has 150 valence electrons. The van der Waals surface area contributed by atoms with Gasteiger partial charge in [-0.3, -0.25) is 4.79 Å². The molecule has 0 spiro atoms. The SMILES string of the molecule is O=C(c1cccc(C(F)(F)F)c1Cl)N1CCc2cn(-c3ccc(F)cn3)nc2C1. The number of benzene rings is 1. The van der Waals surface area contributed by atoms with Gasteiger partial charge in [-0.1, -0.05) is 17.7 Å². The number of pyridine rings is 1. The summed E-state index contributed by atoms with van der Waals surface area (Å²) in [5, 5.41) is 3.77. The van der Waals surface area contributed by atoms with Crippen LogP contribution in [0.25, 0.3) is 5.82 Å². The van der Waals surface area contributed by atoms with Crippen LogP contribution in [0.4, 0.5) is 17.6 Å². The fraction of sp³-hybridized carbons (Fsp3) is 0.211. The molecule has 0 atom stereocenters. The highest BCUT2D eigenvalue weighted by atomic mass is 35.5. The minimum atomic E-state index is -4.65. The first-order chi connectivity index (χ1) is 13.7. The molecule has 29 heavy (non-hydrogen) atoms. The van der Waals surface area contributed by atoms with Crippen molar-refractivity contribution >= 4 is 17.5 Å². The van der Waals surface area contributed by atoms with Gasteiger partial charge in [-0.25, -0.2) is 14.1 Å². The molecule has 1 aliphatic rings. The van der Waals surface area contributed by atoms with Crippen LogP contribution in [0.3, 0.4) is 0 Å². The largest absolute Gasteiger partial charge is 0.417 e. The summed E-state index contributed by atoms with van der Waals surface area (Å²) in [7, 11) is 0. The van der Waals surface area contributed by atoms with Crippen molar-refractivity contribution in [2.24, 2.45) is 0 Å². The molecule has 1 aliphatic heterocycles. The Balaban J connectivity index is 1.59. The molecule has 3 aromatic rings. The third-order valence-electron chi connectivity index (χ3n) is 4.64. The van der Waals surface area contributed by atoms with Crippen LogP contribution in [0.15, 0.2) is 42.7 Å². The Bertz CT molecular complexity index is 1080. The highest BCUT2D eigenvalue weighted by Gasteiger charge is 2.35. The molecule has 0 saturated heterocycles. The third kappa shape index (κ3) is 3.69. The molecule has 4 rings (SSSR count). The maximum absolute atomic E-state index is 13.1. The van der Waals surface area contributed by atoms with Gasteiger partial charge in [-0.15, -0.1) is 0 Å². The van der Waals surface area contributed by atoms with Gasteiger partial charge in [0.2, 0.25) is 0 Å². The number of rotatable bonds is 2. The lowest BCUT2D eigenvalue weighted by Crippen LogP contribution is -2.36. The van der Waals surface area contributed by atoms with Crippen LogP contribution in [-0.2, 0) is 19.1 Å². The highest BCUT2D eigenvalue weighted by molar-refractivity contribution is 6.34. The molecule has 0 unspecified atom stereocenters. The van der Waals surface area contributed by atoms with Crippen molar-refractivity contribution in [3.63, 3.8) is 0 Å². The number of hydrogen-bond donors (Lipinski definition) is 0. The van der Waals surface area contributed by atoms with E-state index in [0.717, 1.165) is 23.9 Å². The molecule has 3 heterocycles. The summed E-state index contributed by atoms with van der Waals surface area (Å²) in [5.74, 6) is -0.652.